The van der Waals surface area contributed by atoms with E-state index in [-0.39, 0.29) is 11.4 Å². The van der Waals surface area contributed by atoms with Crippen LogP contribution in [0.3, 0.4) is 0 Å². The van der Waals surface area contributed by atoms with Gasteiger partial charge in [-0.15, -0.1) is 0 Å². The Kier molecular flexibility index (Phi) is 2.40. The van der Waals surface area contributed by atoms with Gasteiger partial charge in [-0.1, -0.05) is 18.2 Å². The zero-order chi connectivity index (χ0) is 11.5. The summed E-state index contributed by atoms with van der Waals surface area (Å²) in [5, 5.41) is 21.5. The van der Waals surface area contributed by atoms with Gasteiger partial charge >= 0.3 is 5.97 Å². The molecule has 0 fully saturated rings. The van der Waals surface area contributed by atoms with Gasteiger partial charge in [0.15, 0.2) is 5.69 Å². The van der Waals surface area contributed by atoms with Crippen LogP contribution in [0.1, 0.15) is 16.2 Å². The van der Waals surface area contributed by atoms with Crippen LogP contribution in [0, 0.1) is 11.3 Å². The second-order valence-electron chi connectivity index (χ2n) is 3.08. The average molecular weight is 213 g/mol. The van der Waals surface area contributed by atoms with Crippen molar-refractivity contribution in [3.05, 3.63) is 47.8 Å². The number of nitriles is 1. The van der Waals surface area contributed by atoms with Crippen LogP contribution >= 0.6 is 0 Å². The highest BCUT2D eigenvalue weighted by molar-refractivity contribution is 5.85. The first kappa shape index (κ1) is 9.93. The van der Waals surface area contributed by atoms with Crippen molar-refractivity contribution in [2.45, 2.75) is 0 Å². The lowest BCUT2D eigenvalue weighted by Crippen LogP contribution is -2.02. The van der Waals surface area contributed by atoms with Crippen LogP contribution < -0.4 is 0 Å². The number of rotatable bonds is 2. The molecule has 0 spiro atoms. The van der Waals surface area contributed by atoms with Gasteiger partial charge < -0.3 is 5.11 Å². The molecule has 0 aliphatic rings. The molecule has 0 unspecified atom stereocenters. The van der Waals surface area contributed by atoms with E-state index in [9.17, 15) is 4.79 Å². The molecule has 2 rings (SSSR count). The molecule has 0 aliphatic heterocycles. The predicted molar refractivity (Wildman–Crippen MR) is 55.2 cm³/mol. The number of hydrogen-bond donors (Lipinski definition) is 1. The molecule has 16 heavy (non-hydrogen) atoms. The van der Waals surface area contributed by atoms with Crippen LogP contribution in [0.25, 0.3) is 5.69 Å². The average Bonchev–Trinajstić information content (AvgIpc) is 2.74. The molecule has 0 atom stereocenters. The van der Waals surface area contributed by atoms with Gasteiger partial charge in [-0.05, 0) is 12.1 Å². The smallest absolute Gasteiger partial charge is 0.356 e. The molecule has 0 bridgehead atoms. The minimum atomic E-state index is -1.15. The molecule has 1 heterocycles. The number of hydrogen-bond acceptors (Lipinski definition) is 3. The third-order valence-electron chi connectivity index (χ3n) is 2.04. The van der Waals surface area contributed by atoms with E-state index in [0.29, 0.717) is 5.69 Å². The zero-order valence-electron chi connectivity index (χ0n) is 8.16. The fourth-order valence-corrected chi connectivity index (χ4v) is 1.33. The van der Waals surface area contributed by atoms with Gasteiger partial charge in [-0.25, -0.2) is 9.48 Å². The van der Waals surface area contributed by atoms with Gasteiger partial charge in [0, 0.05) is 6.07 Å². The summed E-state index contributed by atoms with van der Waals surface area (Å²) < 4.78 is 1.31. The van der Waals surface area contributed by atoms with E-state index >= 15 is 0 Å². The maximum atomic E-state index is 10.7. The molecule has 0 radical (unpaired) electrons. The predicted octanol–water partition coefficient (Wildman–Crippen LogP) is 1.44. The summed E-state index contributed by atoms with van der Waals surface area (Å²) in [5.74, 6) is -1.15. The van der Waals surface area contributed by atoms with Crippen molar-refractivity contribution in [2.24, 2.45) is 0 Å². The minimum absolute atomic E-state index is 0.139. The van der Waals surface area contributed by atoms with E-state index in [1.54, 1.807) is 24.3 Å². The summed E-state index contributed by atoms with van der Waals surface area (Å²) in [6.45, 7) is 0. The Morgan fingerprint density at radius 2 is 2.06 bits per heavy atom. The molecular formula is C11H7N3O2. The second-order valence-corrected chi connectivity index (χ2v) is 3.08. The Bertz CT molecular complexity index is 567. The van der Waals surface area contributed by atoms with Crippen LogP contribution in [0.4, 0.5) is 0 Å². The monoisotopic (exact) mass is 213 g/mol. The summed E-state index contributed by atoms with van der Waals surface area (Å²) >= 11 is 0. The third-order valence-corrected chi connectivity index (χ3v) is 2.04. The van der Waals surface area contributed by atoms with Crippen LogP contribution in [0.15, 0.2) is 36.4 Å². The first-order valence-corrected chi connectivity index (χ1v) is 4.51. The molecule has 1 aromatic carbocycles. The van der Waals surface area contributed by atoms with Crippen molar-refractivity contribution < 1.29 is 9.90 Å². The van der Waals surface area contributed by atoms with Crippen LogP contribution in [0.2, 0.25) is 0 Å². The second kappa shape index (κ2) is 3.87. The Balaban J connectivity index is 2.57. The number of carbonyl (C=O) groups is 1. The number of aromatic carboxylic acids is 1. The maximum absolute atomic E-state index is 10.7. The normalized spacial score (nSPS) is 9.69. The van der Waals surface area contributed by atoms with E-state index in [2.05, 4.69) is 5.10 Å². The zero-order valence-corrected chi connectivity index (χ0v) is 8.16. The van der Waals surface area contributed by atoms with Gasteiger partial charge in [0.1, 0.15) is 11.8 Å². The molecule has 1 N–H and O–H groups in total. The van der Waals surface area contributed by atoms with Crippen LogP contribution in [-0.2, 0) is 0 Å². The van der Waals surface area contributed by atoms with E-state index in [1.165, 1.54) is 10.7 Å². The summed E-state index contributed by atoms with van der Waals surface area (Å²) in [7, 11) is 0. The number of nitrogens with zero attached hydrogens (tertiary/aromatic N) is 3. The molecule has 78 valence electrons. The molecule has 0 amide bonds. The number of carboxylic acids is 1. The van der Waals surface area contributed by atoms with E-state index in [0.717, 1.165) is 0 Å². The lowest BCUT2D eigenvalue weighted by atomic mass is 10.3. The van der Waals surface area contributed by atoms with E-state index < -0.39 is 5.97 Å². The summed E-state index contributed by atoms with van der Waals surface area (Å²) in [6, 6.07) is 12.1. The molecule has 0 saturated heterocycles. The van der Waals surface area contributed by atoms with Crippen LogP contribution in [0.5, 0.6) is 0 Å². The highest BCUT2D eigenvalue weighted by Crippen LogP contribution is 2.11. The molecule has 5 heteroatoms. The van der Waals surface area contributed by atoms with Crippen molar-refractivity contribution in [1.82, 2.24) is 9.78 Å². The molecule has 0 aliphatic carbocycles. The van der Waals surface area contributed by atoms with Gasteiger partial charge in [0.05, 0.1) is 5.69 Å². The molecule has 2 aromatic rings. The molecule has 0 saturated carbocycles. The lowest BCUT2D eigenvalue weighted by Gasteiger charge is -2.00. The Morgan fingerprint density at radius 1 is 1.38 bits per heavy atom. The highest BCUT2D eigenvalue weighted by atomic mass is 16.4. The summed E-state index contributed by atoms with van der Waals surface area (Å²) in [6.07, 6.45) is 0. The van der Waals surface area contributed by atoms with Crippen molar-refractivity contribution in [1.29, 1.82) is 5.26 Å². The fraction of sp³-hybridized carbons (Fsp3) is 0. The van der Waals surface area contributed by atoms with Gasteiger partial charge in [0.2, 0.25) is 0 Å². The summed E-state index contributed by atoms with van der Waals surface area (Å²) in [4.78, 5) is 10.7. The van der Waals surface area contributed by atoms with Crippen LogP contribution in [-0.4, -0.2) is 20.9 Å². The minimum Gasteiger partial charge on any atom is -0.476 e. The third kappa shape index (κ3) is 1.64. The van der Waals surface area contributed by atoms with Crippen molar-refractivity contribution in [2.75, 3.05) is 0 Å². The van der Waals surface area contributed by atoms with Crippen molar-refractivity contribution in [3.8, 4) is 11.8 Å². The Hall–Kier alpha value is -2.61. The van der Waals surface area contributed by atoms with E-state index in [1.807, 2.05) is 12.1 Å². The number of benzene rings is 1. The maximum Gasteiger partial charge on any atom is 0.356 e. The largest absolute Gasteiger partial charge is 0.476 e. The quantitative estimate of drug-likeness (QED) is 0.818. The lowest BCUT2D eigenvalue weighted by molar-refractivity contribution is 0.0690. The Labute approximate surface area is 91.2 Å². The van der Waals surface area contributed by atoms with Crippen molar-refractivity contribution >= 4 is 5.97 Å². The highest BCUT2D eigenvalue weighted by Gasteiger charge is 2.13. The standard InChI is InChI=1S/C11H7N3O2/c12-7-9-6-10(11(15)16)13-14(9)8-4-2-1-3-5-8/h1-6H,(H,15,16). The molecular weight excluding hydrogens is 206 g/mol. The van der Waals surface area contributed by atoms with E-state index in [4.69, 9.17) is 10.4 Å². The van der Waals surface area contributed by atoms with Gasteiger partial charge in [-0.2, -0.15) is 10.4 Å². The topological polar surface area (TPSA) is 78.9 Å². The SMILES string of the molecule is N#Cc1cc(C(=O)O)nn1-c1ccccc1. The number of aromatic nitrogens is 2. The first-order chi connectivity index (χ1) is 7.72. The van der Waals surface area contributed by atoms with Gasteiger partial charge in [0.25, 0.3) is 0 Å². The molecule has 5 nitrogen and oxygen atoms in total. The Morgan fingerprint density at radius 3 is 2.62 bits per heavy atom. The van der Waals surface area contributed by atoms with Gasteiger partial charge in [-0.3, -0.25) is 0 Å². The van der Waals surface area contributed by atoms with Crippen molar-refractivity contribution in [3.63, 3.8) is 0 Å². The summed E-state index contributed by atoms with van der Waals surface area (Å²) in [5.41, 5.74) is 0.718. The molecule has 1 aromatic heterocycles. The first-order valence-electron chi connectivity index (χ1n) is 4.51. The fourth-order valence-electron chi connectivity index (χ4n) is 1.33. The number of carboxylic acid groups (broad SMARTS) is 1. The number of para-hydroxylation sites is 1.